The van der Waals surface area contributed by atoms with E-state index in [4.69, 9.17) is 4.84 Å². The molecular weight excluding hydrogens is 372 g/mol. The highest BCUT2D eigenvalue weighted by Gasteiger charge is 2.21. The number of hydrogen-bond acceptors (Lipinski definition) is 5. The van der Waals surface area contributed by atoms with Crippen molar-refractivity contribution < 1.29 is 22.8 Å². The zero-order chi connectivity index (χ0) is 20.0. The number of nitrogens with zero attached hydrogens (tertiary/aromatic N) is 1. The second-order valence-corrected chi connectivity index (χ2v) is 7.29. The molecule has 2 aromatic rings. The van der Waals surface area contributed by atoms with Gasteiger partial charge in [-0.25, -0.2) is 13.2 Å². The van der Waals surface area contributed by atoms with Crippen LogP contribution in [0, 0.1) is 0 Å². The molecule has 0 spiro atoms. The van der Waals surface area contributed by atoms with Crippen LogP contribution in [0.1, 0.15) is 10.4 Å². The van der Waals surface area contributed by atoms with Crippen molar-refractivity contribution in [2.75, 3.05) is 31.8 Å². The van der Waals surface area contributed by atoms with Crippen LogP contribution in [0.3, 0.4) is 0 Å². The molecule has 0 bridgehead atoms. The molecule has 144 valence electrons. The average molecular weight is 392 g/mol. The molecule has 0 aliphatic rings. The first-order chi connectivity index (χ1) is 12.8. The minimum Gasteiger partial charge on any atom is -0.341 e. The summed E-state index contributed by atoms with van der Waals surface area (Å²) in [6.07, 6.45) is 0. The van der Waals surface area contributed by atoms with Gasteiger partial charge in [0.1, 0.15) is 0 Å². The molecule has 0 saturated heterocycles. The van der Waals surface area contributed by atoms with Crippen LogP contribution in [0.25, 0.3) is 0 Å². The largest absolute Gasteiger partial charge is 0.341 e. The first kappa shape index (κ1) is 20.4. The third kappa shape index (κ3) is 5.03. The summed E-state index contributed by atoms with van der Waals surface area (Å²) in [6.45, 7) is 0. The maximum absolute atomic E-state index is 12.3. The van der Waals surface area contributed by atoms with Gasteiger partial charge in [-0.3, -0.25) is 9.63 Å². The van der Waals surface area contributed by atoms with Crippen LogP contribution in [0.2, 0.25) is 0 Å². The topological polar surface area (TPSA) is 117 Å². The summed E-state index contributed by atoms with van der Waals surface area (Å²) in [4.78, 5) is 28.3. The summed E-state index contributed by atoms with van der Waals surface area (Å²) in [5, 5.41) is 7.73. The van der Waals surface area contributed by atoms with Gasteiger partial charge in [-0.2, -0.15) is 0 Å². The SMILES string of the molecule is CNC(=O)Nc1ccc(NC(=O)c2ccc(S(=O)(=O)N(C)OC)cc2)cc1. The smallest absolute Gasteiger partial charge is 0.318 e. The van der Waals surface area contributed by atoms with E-state index in [0.717, 1.165) is 4.47 Å². The number of sulfonamides is 1. The van der Waals surface area contributed by atoms with Gasteiger partial charge in [-0.15, -0.1) is 0 Å². The molecule has 2 aromatic carbocycles. The van der Waals surface area contributed by atoms with E-state index in [2.05, 4.69) is 16.0 Å². The van der Waals surface area contributed by atoms with Crippen LogP contribution in [0.4, 0.5) is 16.2 Å². The molecule has 2 rings (SSSR count). The zero-order valence-corrected chi connectivity index (χ0v) is 15.8. The highest BCUT2D eigenvalue weighted by atomic mass is 32.2. The lowest BCUT2D eigenvalue weighted by molar-refractivity contribution is -0.0258. The first-order valence-corrected chi connectivity index (χ1v) is 9.25. The number of nitrogens with one attached hydrogen (secondary N) is 3. The average Bonchev–Trinajstić information content (AvgIpc) is 2.68. The minimum atomic E-state index is -3.77. The van der Waals surface area contributed by atoms with Crippen molar-refractivity contribution in [3.05, 3.63) is 54.1 Å². The van der Waals surface area contributed by atoms with Crippen molar-refractivity contribution in [2.45, 2.75) is 4.90 Å². The summed E-state index contributed by atoms with van der Waals surface area (Å²) in [6, 6.07) is 11.7. The molecule has 0 fully saturated rings. The van der Waals surface area contributed by atoms with Gasteiger partial charge >= 0.3 is 6.03 Å². The number of anilines is 2. The van der Waals surface area contributed by atoms with Crippen molar-refractivity contribution in [2.24, 2.45) is 0 Å². The van der Waals surface area contributed by atoms with Crippen LogP contribution < -0.4 is 16.0 Å². The Morgan fingerprint density at radius 1 is 0.926 bits per heavy atom. The number of carbonyl (C=O) groups excluding carboxylic acids is 2. The van der Waals surface area contributed by atoms with Gasteiger partial charge in [0, 0.05) is 31.0 Å². The zero-order valence-electron chi connectivity index (χ0n) is 15.0. The van der Waals surface area contributed by atoms with Gasteiger partial charge < -0.3 is 16.0 Å². The van der Waals surface area contributed by atoms with Crippen molar-refractivity contribution >= 4 is 33.3 Å². The summed E-state index contributed by atoms with van der Waals surface area (Å²) in [7, 11) is 0.261. The van der Waals surface area contributed by atoms with Crippen LogP contribution >= 0.6 is 0 Å². The summed E-state index contributed by atoms with van der Waals surface area (Å²) < 4.78 is 25.0. The molecule has 0 aliphatic carbocycles. The summed E-state index contributed by atoms with van der Waals surface area (Å²) in [5.41, 5.74) is 1.39. The van der Waals surface area contributed by atoms with Gasteiger partial charge in [-0.05, 0) is 48.5 Å². The van der Waals surface area contributed by atoms with Gasteiger partial charge in [0.25, 0.3) is 15.9 Å². The Morgan fingerprint density at radius 2 is 1.44 bits per heavy atom. The van der Waals surface area contributed by atoms with Gasteiger partial charge in [0.2, 0.25) is 0 Å². The number of urea groups is 1. The predicted molar refractivity (Wildman–Crippen MR) is 101 cm³/mol. The van der Waals surface area contributed by atoms with Crippen molar-refractivity contribution in [3.63, 3.8) is 0 Å². The molecule has 9 nitrogen and oxygen atoms in total. The molecule has 3 N–H and O–H groups in total. The lowest BCUT2D eigenvalue weighted by atomic mass is 10.2. The molecule has 0 atom stereocenters. The van der Waals surface area contributed by atoms with E-state index in [9.17, 15) is 18.0 Å². The van der Waals surface area contributed by atoms with Crippen molar-refractivity contribution in [3.8, 4) is 0 Å². The highest BCUT2D eigenvalue weighted by molar-refractivity contribution is 7.89. The second kappa shape index (κ2) is 8.62. The number of hydrogen-bond donors (Lipinski definition) is 3. The summed E-state index contributed by atoms with van der Waals surface area (Å²) in [5.74, 6) is -0.397. The van der Waals surface area contributed by atoms with Crippen molar-refractivity contribution in [1.82, 2.24) is 9.79 Å². The molecule has 10 heteroatoms. The molecular formula is C17H20N4O5S. The van der Waals surface area contributed by atoms with Crippen LogP contribution in [-0.2, 0) is 14.9 Å². The van der Waals surface area contributed by atoms with Crippen molar-refractivity contribution in [1.29, 1.82) is 0 Å². The molecule has 0 unspecified atom stereocenters. The molecule has 0 heterocycles. The molecule has 0 aliphatic heterocycles. The van der Waals surface area contributed by atoms with Gasteiger partial charge in [-0.1, -0.05) is 4.47 Å². The molecule has 0 radical (unpaired) electrons. The number of hydroxylamine groups is 1. The second-order valence-electron chi connectivity index (χ2n) is 5.36. The normalized spacial score (nSPS) is 11.1. The fourth-order valence-corrected chi connectivity index (χ4v) is 3.03. The molecule has 0 saturated carbocycles. The van der Waals surface area contributed by atoms with Crippen LogP contribution in [-0.4, -0.2) is 46.0 Å². The highest BCUT2D eigenvalue weighted by Crippen LogP contribution is 2.17. The molecule has 27 heavy (non-hydrogen) atoms. The number of amides is 3. The number of carbonyl (C=O) groups is 2. The maximum Gasteiger partial charge on any atom is 0.318 e. The van der Waals surface area contributed by atoms with E-state index >= 15 is 0 Å². The lowest BCUT2D eigenvalue weighted by Crippen LogP contribution is -2.25. The molecule has 3 amide bonds. The van der Waals surface area contributed by atoms with Crippen LogP contribution in [0.15, 0.2) is 53.4 Å². The Kier molecular flexibility index (Phi) is 6.50. The van der Waals surface area contributed by atoms with E-state index < -0.39 is 15.9 Å². The fourth-order valence-electron chi connectivity index (χ4n) is 2.06. The van der Waals surface area contributed by atoms with E-state index in [-0.39, 0.29) is 10.9 Å². The first-order valence-electron chi connectivity index (χ1n) is 7.81. The van der Waals surface area contributed by atoms with E-state index in [1.165, 1.54) is 45.5 Å². The number of rotatable bonds is 6. The molecule has 0 aromatic heterocycles. The Morgan fingerprint density at radius 3 is 1.93 bits per heavy atom. The Hall–Kier alpha value is -2.95. The lowest BCUT2D eigenvalue weighted by Gasteiger charge is -2.14. The minimum absolute atomic E-state index is 0.00743. The third-order valence-corrected chi connectivity index (χ3v) is 5.33. The summed E-state index contributed by atoms with van der Waals surface area (Å²) >= 11 is 0. The van der Waals surface area contributed by atoms with E-state index in [1.54, 1.807) is 24.3 Å². The Labute approximate surface area is 157 Å². The third-order valence-electron chi connectivity index (χ3n) is 3.64. The maximum atomic E-state index is 12.3. The Bertz CT molecular complexity index is 911. The quantitative estimate of drug-likeness (QED) is 0.649. The predicted octanol–water partition coefficient (Wildman–Crippen LogP) is 1.87. The fraction of sp³-hybridized carbons (Fsp3) is 0.176. The number of benzene rings is 2. The van der Waals surface area contributed by atoms with E-state index in [0.29, 0.717) is 16.9 Å². The van der Waals surface area contributed by atoms with Gasteiger partial charge in [0.05, 0.1) is 12.0 Å². The van der Waals surface area contributed by atoms with Gasteiger partial charge in [0.15, 0.2) is 0 Å². The standard InChI is InChI=1S/C17H20N4O5S/c1-18-17(23)20-14-8-6-13(7-9-14)19-16(22)12-4-10-15(11-5-12)27(24,25)21(2)26-3/h4-11H,1-3H3,(H,19,22)(H2,18,20,23). The monoisotopic (exact) mass is 392 g/mol. The van der Waals surface area contributed by atoms with E-state index in [1.807, 2.05) is 0 Å². The Balaban J connectivity index is 2.07. The van der Waals surface area contributed by atoms with Crippen LogP contribution in [0.5, 0.6) is 0 Å².